The van der Waals surface area contributed by atoms with Gasteiger partial charge in [-0.3, -0.25) is 0 Å². The summed E-state index contributed by atoms with van der Waals surface area (Å²) in [5.41, 5.74) is 8.82. The van der Waals surface area contributed by atoms with Crippen molar-refractivity contribution in [1.29, 1.82) is 0 Å². The lowest BCUT2D eigenvalue weighted by Gasteiger charge is -2.18. The zero-order valence-electron chi connectivity index (χ0n) is 10.4. The number of hydrogen-bond donors (Lipinski definition) is 1. The van der Waals surface area contributed by atoms with Crippen LogP contribution in [0.2, 0.25) is 0 Å². The third kappa shape index (κ3) is 2.44. The maximum Gasteiger partial charge on any atom is 0.0135 e. The van der Waals surface area contributed by atoms with E-state index in [9.17, 15) is 0 Å². The molecule has 3 unspecified atom stereocenters. The molecule has 0 saturated heterocycles. The molecule has 2 rings (SSSR count). The summed E-state index contributed by atoms with van der Waals surface area (Å²) in [6.07, 6.45) is 2.45. The first-order chi connectivity index (χ1) is 7.58. The van der Waals surface area contributed by atoms with Gasteiger partial charge in [0.05, 0.1) is 0 Å². The van der Waals surface area contributed by atoms with Crippen LogP contribution in [0.1, 0.15) is 30.9 Å². The van der Waals surface area contributed by atoms with Crippen LogP contribution in [0.4, 0.5) is 0 Å². The van der Waals surface area contributed by atoms with Crippen molar-refractivity contribution in [2.75, 3.05) is 0 Å². The third-order valence-electron chi connectivity index (χ3n) is 3.66. The summed E-state index contributed by atoms with van der Waals surface area (Å²) >= 11 is 2.02. The highest BCUT2D eigenvalue weighted by Crippen LogP contribution is 2.39. The van der Waals surface area contributed by atoms with Gasteiger partial charge in [-0.2, -0.15) is 0 Å². The monoisotopic (exact) mass is 235 g/mol. The van der Waals surface area contributed by atoms with E-state index in [1.54, 1.807) is 0 Å². The van der Waals surface area contributed by atoms with Gasteiger partial charge in [-0.15, -0.1) is 11.8 Å². The maximum atomic E-state index is 6.07. The van der Waals surface area contributed by atoms with Crippen molar-refractivity contribution in [2.24, 2.45) is 11.7 Å². The molecule has 0 aliphatic heterocycles. The van der Waals surface area contributed by atoms with Crippen LogP contribution < -0.4 is 5.73 Å². The highest BCUT2D eigenvalue weighted by atomic mass is 32.2. The summed E-state index contributed by atoms with van der Waals surface area (Å²) in [5.74, 6) is 0.644. The number of thioether (sulfide) groups is 1. The van der Waals surface area contributed by atoms with Gasteiger partial charge in [-0.1, -0.05) is 24.6 Å². The van der Waals surface area contributed by atoms with Gasteiger partial charge in [0.2, 0.25) is 0 Å². The van der Waals surface area contributed by atoms with Crippen molar-refractivity contribution in [2.45, 2.75) is 49.8 Å². The Bertz CT molecular complexity index is 375. The molecule has 1 fully saturated rings. The largest absolute Gasteiger partial charge is 0.327 e. The average Bonchev–Trinajstić information content (AvgIpc) is 2.54. The average molecular weight is 235 g/mol. The van der Waals surface area contributed by atoms with Gasteiger partial charge < -0.3 is 5.73 Å². The second-order valence-electron chi connectivity index (χ2n) is 5.03. The van der Waals surface area contributed by atoms with E-state index in [0.717, 1.165) is 0 Å². The second kappa shape index (κ2) is 4.80. The van der Waals surface area contributed by atoms with Gasteiger partial charge in [0.15, 0.2) is 0 Å². The molecule has 16 heavy (non-hydrogen) atoms. The van der Waals surface area contributed by atoms with Crippen LogP contribution in [-0.2, 0) is 0 Å². The molecule has 1 aromatic carbocycles. The first-order valence-corrected chi connectivity index (χ1v) is 6.95. The molecule has 2 heteroatoms. The molecule has 0 radical (unpaired) electrons. The minimum Gasteiger partial charge on any atom is -0.327 e. The van der Waals surface area contributed by atoms with Crippen LogP contribution in [0.25, 0.3) is 0 Å². The summed E-state index contributed by atoms with van der Waals surface area (Å²) in [7, 11) is 0. The Balaban J connectivity index is 2.09. The maximum absolute atomic E-state index is 6.07. The normalized spacial score (nSPS) is 29.6. The van der Waals surface area contributed by atoms with Crippen LogP contribution in [0.5, 0.6) is 0 Å². The summed E-state index contributed by atoms with van der Waals surface area (Å²) in [6, 6.07) is 7.13. The van der Waals surface area contributed by atoms with Crippen molar-refractivity contribution in [3.05, 3.63) is 29.3 Å². The van der Waals surface area contributed by atoms with E-state index >= 15 is 0 Å². The third-order valence-corrected chi connectivity index (χ3v) is 5.33. The predicted octanol–water partition coefficient (Wildman–Crippen LogP) is 3.52. The summed E-state index contributed by atoms with van der Waals surface area (Å²) in [4.78, 5) is 1.43. The lowest BCUT2D eigenvalue weighted by atomic mass is 10.1. The predicted molar refractivity (Wildman–Crippen MR) is 71.9 cm³/mol. The van der Waals surface area contributed by atoms with E-state index in [1.807, 2.05) is 11.8 Å². The first kappa shape index (κ1) is 12.0. The molecular weight excluding hydrogens is 214 g/mol. The highest BCUT2D eigenvalue weighted by molar-refractivity contribution is 8.00. The topological polar surface area (TPSA) is 26.0 Å². The standard InChI is InChI=1S/C14H21NS/c1-9-4-6-13(10(2)8-9)16-14-7-5-12(15)11(14)3/h4,6,8,11-12,14H,5,7,15H2,1-3H3. The number of aryl methyl sites for hydroxylation is 2. The molecule has 1 aliphatic rings. The molecule has 88 valence electrons. The van der Waals surface area contributed by atoms with E-state index in [1.165, 1.54) is 28.9 Å². The van der Waals surface area contributed by atoms with Gasteiger partial charge in [0, 0.05) is 16.2 Å². The fourth-order valence-corrected chi connectivity index (χ4v) is 3.81. The van der Waals surface area contributed by atoms with Crippen LogP contribution >= 0.6 is 11.8 Å². The Morgan fingerprint density at radius 1 is 1.25 bits per heavy atom. The number of benzene rings is 1. The Hall–Kier alpha value is -0.470. The van der Waals surface area contributed by atoms with Crippen molar-refractivity contribution < 1.29 is 0 Å². The first-order valence-electron chi connectivity index (χ1n) is 6.07. The van der Waals surface area contributed by atoms with E-state index in [0.29, 0.717) is 17.2 Å². The van der Waals surface area contributed by atoms with Gasteiger partial charge in [-0.25, -0.2) is 0 Å². The molecule has 0 amide bonds. The van der Waals surface area contributed by atoms with Crippen LogP contribution in [0.3, 0.4) is 0 Å². The van der Waals surface area contributed by atoms with Gasteiger partial charge in [0.25, 0.3) is 0 Å². The lowest BCUT2D eigenvalue weighted by molar-refractivity contribution is 0.535. The van der Waals surface area contributed by atoms with E-state index < -0.39 is 0 Å². The van der Waals surface area contributed by atoms with Crippen molar-refractivity contribution in [3.8, 4) is 0 Å². The minimum atomic E-state index is 0.406. The number of hydrogen-bond acceptors (Lipinski definition) is 2. The molecule has 0 heterocycles. The highest BCUT2D eigenvalue weighted by Gasteiger charge is 2.30. The SMILES string of the molecule is Cc1ccc(SC2CCC(N)C2C)c(C)c1. The fourth-order valence-electron chi connectivity index (χ4n) is 2.42. The molecule has 2 N–H and O–H groups in total. The van der Waals surface area contributed by atoms with Crippen LogP contribution in [0, 0.1) is 19.8 Å². The molecule has 1 saturated carbocycles. The molecule has 0 aromatic heterocycles. The lowest BCUT2D eigenvalue weighted by Crippen LogP contribution is -2.26. The van der Waals surface area contributed by atoms with Gasteiger partial charge in [0.1, 0.15) is 0 Å². The van der Waals surface area contributed by atoms with Crippen LogP contribution in [-0.4, -0.2) is 11.3 Å². The van der Waals surface area contributed by atoms with E-state index in [4.69, 9.17) is 5.73 Å². The van der Waals surface area contributed by atoms with Crippen molar-refractivity contribution >= 4 is 11.8 Å². The van der Waals surface area contributed by atoms with E-state index in [-0.39, 0.29) is 0 Å². The zero-order chi connectivity index (χ0) is 11.7. The van der Waals surface area contributed by atoms with Crippen molar-refractivity contribution in [3.63, 3.8) is 0 Å². The molecule has 3 atom stereocenters. The number of rotatable bonds is 2. The Labute approximate surface area is 103 Å². The number of nitrogens with two attached hydrogens (primary N) is 1. The van der Waals surface area contributed by atoms with Crippen molar-refractivity contribution in [1.82, 2.24) is 0 Å². The Morgan fingerprint density at radius 3 is 2.56 bits per heavy atom. The zero-order valence-corrected chi connectivity index (χ0v) is 11.2. The van der Waals surface area contributed by atoms with Gasteiger partial charge >= 0.3 is 0 Å². The molecule has 0 bridgehead atoms. The summed E-state index contributed by atoms with van der Waals surface area (Å²) in [6.45, 7) is 6.64. The Kier molecular flexibility index (Phi) is 3.60. The molecule has 1 aromatic rings. The quantitative estimate of drug-likeness (QED) is 0.848. The molecule has 0 spiro atoms. The smallest absolute Gasteiger partial charge is 0.0135 e. The van der Waals surface area contributed by atoms with Gasteiger partial charge in [-0.05, 0) is 44.2 Å². The second-order valence-corrected chi connectivity index (χ2v) is 6.31. The Morgan fingerprint density at radius 2 is 2.00 bits per heavy atom. The minimum absolute atomic E-state index is 0.406. The fraction of sp³-hybridized carbons (Fsp3) is 0.571. The summed E-state index contributed by atoms with van der Waals surface area (Å²) < 4.78 is 0. The molecule has 1 nitrogen and oxygen atoms in total. The van der Waals surface area contributed by atoms with E-state index in [2.05, 4.69) is 39.0 Å². The molecule has 1 aliphatic carbocycles. The van der Waals surface area contributed by atoms with Crippen LogP contribution in [0.15, 0.2) is 23.1 Å². The summed E-state index contributed by atoms with van der Waals surface area (Å²) in [5, 5.41) is 0.705. The molecular formula is C14H21NS.